The molecule has 92 valence electrons. The average molecular weight is 272 g/mol. The average Bonchev–Trinajstić information content (AvgIpc) is 1.77. The van der Waals surface area contributed by atoms with E-state index in [0.29, 0.717) is 0 Å². The molecule has 0 aliphatic carbocycles. The second kappa shape index (κ2) is 3.56. The van der Waals surface area contributed by atoms with Crippen molar-refractivity contribution < 1.29 is 34.4 Å². The Balaban J connectivity index is 5.43. The van der Waals surface area contributed by atoms with Crippen LogP contribution >= 0.6 is 0 Å². The molecular formula is C4H6F4NO4S2-. The molecule has 0 unspecified atom stereocenters. The van der Waals surface area contributed by atoms with Gasteiger partial charge in [-0.1, -0.05) is 0 Å². The maximum Gasteiger partial charge on any atom is 0.391 e. The summed E-state index contributed by atoms with van der Waals surface area (Å²) in [5.74, 6) is -4.93. The maximum atomic E-state index is 12.5. The standard InChI is InChI=1S/C4H6F4NO4S2/c1-3(5,6)4(7,8)15(12,13)9-14(2,10)11/h1-2H3/q-1. The highest BCUT2D eigenvalue weighted by atomic mass is 32.3. The summed E-state index contributed by atoms with van der Waals surface area (Å²) < 4.78 is 92.8. The molecule has 15 heavy (non-hydrogen) atoms. The molecule has 0 saturated carbocycles. The summed E-state index contributed by atoms with van der Waals surface area (Å²) in [6.07, 6.45) is 0.189. The highest BCUT2D eigenvalue weighted by Gasteiger charge is 2.59. The molecule has 5 nitrogen and oxygen atoms in total. The second-order valence-corrected chi connectivity index (χ2v) is 6.21. The summed E-state index contributed by atoms with van der Waals surface area (Å²) in [6.45, 7) is -0.359. The Kier molecular flexibility index (Phi) is 3.46. The minimum absolute atomic E-state index is 0.189. The van der Waals surface area contributed by atoms with E-state index in [4.69, 9.17) is 0 Å². The monoisotopic (exact) mass is 272 g/mol. The molecule has 0 aliphatic heterocycles. The number of hydrogen-bond donors (Lipinski definition) is 0. The first-order chi connectivity index (χ1) is 6.21. The van der Waals surface area contributed by atoms with Crippen molar-refractivity contribution in [3.63, 3.8) is 0 Å². The number of nitrogens with zero attached hydrogens (tertiary/aromatic N) is 1. The van der Waals surface area contributed by atoms with Crippen molar-refractivity contribution in [3.05, 3.63) is 4.13 Å². The van der Waals surface area contributed by atoms with Gasteiger partial charge < -0.3 is 4.13 Å². The molecule has 0 atom stereocenters. The Hall–Kier alpha value is -0.420. The molecular weight excluding hydrogens is 266 g/mol. The quantitative estimate of drug-likeness (QED) is 0.712. The van der Waals surface area contributed by atoms with Crippen LogP contribution in [0.5, 0.6) is 0 Å². The molecule has 0 N–H and O–H groups in total. The third-order valence-corrected chi connectivity index (χ3v) is 3.94. The number of sulfonamides is 2. The highest BCUT2D eigenvalue weighted by molar-refractivity contribution is 8.12. The number of alkyl halides is 4. The van der Waals surface area contributed by atoms with Crippen molar-refractivity contribution in [2.24, 2.45) is 0 Å². The first-order valence-electron chi connectivity index (χ1n) is 3.15. The van der Waals surface area contributed by atoms with Gasteiger partial charge in [-0.25, -0.2) is 16.8 Å². The number of rotatable bonds is 4. The smallest absolute Gasteiger partial charge is 0.391 e. The zero-order valence-corrected chi connectivity index (χ0v) is 9.04. The van der Waals surface area contributed by atoms with Crippen LogP contribution in [0.25, 0.3) is 4.13 Å². The van der Waals surface area contributed by atoms with Gasteiger partial charge in [-0.2, -0.15) is 17.6 Å². The van der Waals surface area contributed by atoms with Crippen molar-refractivity contribution in [1.29, 1.82) is 0 Å². The fourth-order valence-electron chi connectivity index (χ4n) is 0.452. The van der Waals surface area contributed by atoms with E-state index in [0.717, 1.165) is 0 Å². The normalized spacial score (nSPS) is 15.3. The van der Waals surface area contributed by atoms with E-state index in [-0.39, 0.29) is 13.2 Å². The van der Waals surface area contributed by atoms with Crippen LogP contribution in [0.3, 0.4) is 0 Å². The Morgan fingerprint density at radius 1 is 1.00 bits per heavy atom. The molecule has 0 spiro atoms. The molecule has 0 aliphatic rings. The fraction of sp³-hybridized carbons (Fsp3) is 1.00. The minimum Gasteiger partial charge on any atom is -0.431 e. The Labute approximate surface area is 83.6 Å². The van der Waals surface area contributed by atoms with Gasteiger partial charge in [0.15, 0.2) is 10.0 Å². The van der Waals surface area contributed by atoms with Crippen LogP contribution in [0.4, 0.5) is 17.6 Å². The van der Waals surface area contributed by atoms with E-state index in [9.17, 15) is 34.4 Å². The molecule has 0 heterocycles. The number of hydrogen-bond acceptors (Lipinski definition) is 4. The molecule has 0 amide bonds. The van der Waals surface area contributed by atoms with Gasteiger partial charge in [0.25, 0.3) is 0 Å². The molecule has 0 fully saturated rings. The van der Waals surface area contributed by atoms with Gasteiger partial charge in [0, 0.05) is 13.2 Å². The summed E-state index contributed by atoms with van der Waals surface area (Å²) in [7, 11) is -10.8. The van der Waals surface area contributed by atoms with Crippen LogP contribution in [-0.4, -0.2) is 34.3 Å². The molecule has 11 heteroatoms. The van der Waals surface area contributed by atoms with E-state index in [1.54, 1.807) is 4.13 Å². The SMILES string of the molecule is CC(F)(F)C(F)(F)S(=O)(=O)[N-]S(C)(=O)=O. The summed E-state index contributed by atoms with van der Waals surface area (Å²) in [5, 5.41) is -5.57. The lowest BCUT2D eigenvalue weighted by Crippen LogP contribution is -2.44. The summed E-state index contributed by atoms with van der Waals surface area (Å²) >= 11 is 0. The van der Waals surface area contributed by atoms with Gasteiger partial charge in [-0.15, -0.1) is 0 Å². The van der Waals surface area contributed by atoms with Gasteiger partial charge in [-0.05, 0) is 0 Å². The lowest BCUT2D eigenvalue weighted by atomic mass is 10.4. The predicted molar refractivity (Wildman–Crippen MR) is 42.7 cm³/mol. The van der Waals surface area contributed by atoms with Crippen LogP contribution in [0.2, 0.25) is 0 Å². The largest absolute Gasteiger partial charge is 0.431 e. The van der Waals surface area contributed by atoms with Crippen LogP contribution in [0.1, 0.15) is 6.92 Å². The summed E-state index contributed by atoms with van der Waals surface area (Å²) in [6, 6.07) is 0. The van der Waals surface area contributed by atoms with Crippen molar-refractivity contribution in [1.82, 2.24) is 0 Å². The van der Waals surface area contributed by atoms with Gasteiger partial charge in [-0.3, -0.25) is 0 Å². The van der Waals surface area contributed by atoms with Gasteiger partial charge in [0.05, 0.1) is 10.0 Å². The van der Waals surface area contributed by atoms with Crippen LogP contribution in [0, 0.1) is 0 Å². The van der Waals surface area contributed by atoms with E-state index in [2.05, 4.69) is 0 Å². The maximum absolute atomic E-state index is 12.5. The summed E-state index contributed by atoms with van der Waals surface area (Å²) in [4.78, 5) is 0. The molecule has 0 aromatic heterocycles. The zero-order chi connectivity index (χ0) is 12.7. The zero-order valence-electron chi connectivity index (χ0n) is 7.41. The molecule has 0 saturated heterocycles. The molecule has 0 aromatic rings. The Morgan fingerprint density at radius 2 is 1.33 bits per heavy atom. The summed E-state index contributed by atoms with van der Waals surface area (Å²) in [5.41, 5.74) is 0. The van der Waals surface area contributed by atoms with Crippen molar-refractivity contribution in [2.75, 3.05) is 6.26 Å². The van der Waals surface area contributed by atoms with Gasteiger partial charge >= 0.3 is 11.2 Å². The van der Waals surface area contributed by atoms with E-state index >= 15 is 0 Å². The van der Waals surface area contributed by atoms with Crippen molar-refractivity contribution in [3.8, 4) is 0 Å². The highest BCUT2D eigenvalue weighted by Crippen LogP contribution is 2.41. The fourth-order valence-corrected chi connectivity index (χ4v) is 2.70. The number of halogens is 4. The van der Waals surface area contributed by atoms with Crippen molar-refractivity contribution >= 4 is 20.0 Å². The van der Waals surface area contributed by atoms with E-state index in [1.807, 2.05) is 0 Å². The predicted octanol–water partition coefficient (Wildman–Crippen LogP) is 0.898. The molecule has 0 rings (SSSR count). The Morgan fingerprint density at radius 3 is 1.53 bits per heavy atom. The minimum atomic E-state index is -6.12. The van der Waals surface area contributed by atoms with Crippen LogP contribution < -0.4 is 0 Å². The van der Waals surface area contributed by atoms with Crippen LogP contribution in [0.15, 0.2) is 0 Å². The second-order valence-electron chi connectivity index (χ2n) is 2.69. The first kappa shape index (κ1) is 14.6. The lowest BCUT2D eigenvalue weighted by molar-refractivity contribution is -0.142. The lowest BCUT2D eigenvalue weighted by Gasteiger charge is -2.29. The Bertz CT molecular complexity index is 434. The van der Waals surface area contributed by atoms with E-state index in [1.165, 1.54) is 0 Å². The van der Waals surface area contributed by atoms with Crippen LogP contribution in [-0.2, 0) is 20.0 Å². The van der Waals surface area contributed by atoms with Crippen molar-refractivity contribution in [2.45, 2.75) is 18.1 Å². The topological polar surface area (TPSA) is 82.4 Å². The third kappa shape index (κ3) is 3.28. The van der Waals surface area contributed by atoms with Gasteiger partial charge in [0.2, 0.25) is 0 Å². The van der Waals surface area contributed by atoms with Gasteiger partial charge in [0.1, 0.15) is 0 Å². The molecule has 0 bridgehead atoms. The first-order valence-corrected chi connectivity index (χ1v) is 6.44. The molecule has 0 aromatic carbocycles. The van der Waals surface area contributed by atoms with E-state index < -0.39 is 31.2 Å². The molecule has 0 radical (unpaired) electrons. The third-order valence-electron chi connectivity index (χ3n) is 1.07.